The Labute approximate surface area is 182 Å². The molecule has 162 valence electrons. The molecule has 6 nitrogen and oxygen atoms in total. The van der Waals surface area contributed by atoms with Gasteiger partial charge in [-0.1, -0.05) is 52.0 Å². The second-order valence-corrected chi connectivity index (χ2v) is 10.2. The van der Waals surface area contributed by atoms with Gasteiger partial charge in [0.05, 0.1) is 22.1 Å². The second kappa shape index (κ2) is 8.86. The van der Waals surface area contributed by atoms with E-state index in [1.807, 2.05) is 45.3 Å². The van der Waals surface area contributed by atoms with E-state index in [1.54, 1.807) is 16.2 Å². The zero-order valence-corrected chi connectivity index (χ0v) is 19.3. The van der Waals surface area contributed by atoms with Crippen LogP contribution in [0.3, 0.4) is 0 Å². The van der Waals surface area contributed by atoms with Gasteiger partial charge in [-0.15, -0.1) is 11.3 Å². The average Bonchev–Trinajstić information content (AvgIpc) is 3.30. The summed E-state index contributed by atoms with van der Waals surface area (Å²) in [5.74, 6) is 0.0197. The Morgan fingerprint density at radius 2 is 1.97 bits per heavy atom. The predicted molar refractivity (Wildman–Crippen MR) is 121 cm³/mol. The van der Waals surface area contributed by atoms with Crippen LogP contribution in [0.4, 0.5) is 0 Å². The lowest BCUT2D eigenvalue weighted by atomic mass is 9.86. The first-order valence-corrected chi connectivity index (χ1v) is 11.3. The lowest BCUT2D eigenvalue weighted by molar-refractivity contribution is -0.141. The van der Waals surface area contributed by atoms with Crippen molar-refractivity contribution in [2.45, 2.75) is 59.7 Å². The van der Waals surface area contributed by atoms with E-state index in [4.69, 9.17) is 5.73 Å². The normalized spacial score (nSPS) is 20.3. The molecule has 3 atom stereocenters. The number of nitrogens with zero attached hydrogens (tertiary/aromatic N) is 2. The third-order valence-corrected chi connectivity index (χ3v) is 6.70. The van der Waals surface area contributed by atoms with Crippen LogP contribution >= 0.6 is 11.3 Å². The van der Waals surface area contributed by atoms with Crippen molar-refractivity contribution in [2.24, 2.45) is 17.1 Å². The van der Waals surface area contributed by atoms with Gasteiger partial charge in [0.25, 0.3) is 0 Å². The number of aromatic nitrogens is 1. The van der Waals surface area contributed by atoms with Gasteiger partial charge in [0, 0.05) is 13.1 Å². The summed E-state index contributed by atoms with van der Waals surface area (Å²) in [5, 5.41) is 3.01. The number of hydrogen-bond donors (Lipinski definition) is 2. The Morgan fingerprint density at radius 1 is 1.30 bits per heavy atom. The van der Waals surface area contributed by atoms with E-state index < -0.39 is 12.1 Å². The van der Waals surface area contributed by atoms with Crippen LogP contribution in [-0.4, -0.2) is 40.3 Å². The van der Waals surface area contributed by atoms with Crippen molar-refractivity contribution in [2.75, 3.05) is 6.54 Å². The van der Waals surface area contributed by atoms with Gasteiger partial charge in [0.1, 0.15) is 6.04 Å². The van der Waals surface area contributed by atoms with Gasteiger partial charge in [-0.25, -0.2) is 4.98 Å². The Kier molecular flexibility index (Phi) is 6.62. The summed E-state index contributed by atoms with van der Waals surface area (Å²) in [7, 11) is 0. The first-order valence-electron chi connectivity index (χ1n) is 10.4. The van der Waals surface area contributed by atoms with Crippen LogP contribution in [-0.2, 0) is 16.1 Å². The highest BCUT2D eigenvalue weighted by molar-refractivity contribution is 7.13. The lowest BCUT2D eigenvalue weighted by Crippen LogP contribution is -2.54. The number of hydrogen-bond acceptors (Lipinski definition) is 5. The molecule has 30 heavy (non-hydrogen) atoms. The number of rotatable bonds is 5. The van der Waals surface area contributed by atoms with Gasteiger partial charge in [-0.2, -0.15) is 0 Å². The van der Waals surface area contributed by atoms with Gasteiger partial charge in [-0.3, -0.25) is 9.59 Å². The molecule has 7 heteroatoms. The second-order valence-electron chi connectivity index (χ2n) is 9.37. The minimum absolute atomic E-state index is 0.115. The summed E-state index contributed by atoms with van der Waals surface area (Å²) in [4.78, 5) is 32.9. The number of benzene rings is 1. The van der Waals surface area contributed by atoms with E-state index in [0.717, 1.165) is 21.7 Å². The number of carbonyl (C=O) groups is 2. The van der Waals surface area contributed by atoms with Crippen molar-refractivity contribution in [1.29, 1.82) is 0 Å². The molecule has 0 saturated carbocycles. The molecule has 0 aliphatic carbocycles. The van der Waals surface area contributed by atoms with E-state index in [2.05, 4.69) is 29.4 Å². The fourth-order valence-corrected chi connectivity index (χ4v) is 4.56. The van der Waals surface area contributed by atoms with Gasteiger partial charge in [0.2, 0.25) is 11.8 Å². The Bertz CT molecular complexity index is 901. The largest absolute Gasteiger partial charge is 0.350 e. The molecule has 2 heterocycles. The minimum Gasteiger partial charge on any atom is -0.350 e. The van der Waals surface area contributed by atoms with Crippen LogP contribution in [0, 0.1) is 18.3 Å². The Morgan fingerprint density at radius 3 is 2.53 bits per heavy atom. The average molecular weight is 429 g/mol. The summed E-state index contributed by atoms with van der Waals surface area (Å²) in [6, 6.07) is 7.06. The number of carbonyl (C=O) groups excluding carboxylic acids is 2. The van der Waals surface area contributed by atoms with Gasteiger partial charge < -0.3 is 16.0 Å². The number of nitrogens with one attached hydrogen (secondary N) is 1. The predicted octanol–water partition coefficient (Wildman–Crippen LogP) is 3.35. The topological polar surface area (TPSA) is 88.3 Å². The number of aryl methyl sites for hydroxylation is 1. The molecule has 1 aliphatic rings. The summed E-state index contributed by atoms with van der Waals surface area (Å²) in [5.41, 5.74) is 10.9. The quantitative estimate of drug-likeness (QED) is 0.764. The van der Waals surface area contributed by atoms with E-state index in [9.17, 15) is 9.59 Å². The van der Waals surface area contributed by atoms with Crippen LogP contribution in [0.25, 0.3) is 10.4 Å². The molecule has 0 bridgehead atoms. The molecule has 1 saturated heterocycles. The van der Waals surface area contributed by atoms with Crippen molar-refractivity contribution in [3.63, 3.8) is 0 Å². The standard InChI is InChI=1S/C23H32N4O2S/c1-14-10-18(27(12-14)22(29)20(24)23(3,4)5)21(28)25-11-16-6-8-17(9-7-16)19-15(2)26-13-30-19/h6-9,13-14,18,20H,10-12,24H2,1-5H3,(H,25,28)/t14-,18+,20?/m1/s1. The van der Waals surface area contributed by atoms with Gasteiger partial charge >= 0.3 is 0 Å². The van der Waals surface area contributed by atoms with Crippen molar-refractivity contribution in [3.05, 3.63) is 41.0 Å². The highest BCUT2D eigenvalue weighted by Gasteiger charge is 2.41. The minimum atomic E-state index is -0.624. The summed E-state index contributed by atoms with van der Waals surface area (Å²) in [6.45, 7) is 10.9. The molecule has 2 aromatic rings. The third kappa shape index (κ3) is 4.90. The molecule has 1 unspecified atom stereocenters. The van der Waals surface area contributed by atoms with Gasteiger partial charge in [0.15, 0.2) is 0 Å². The number of amides is 2. The molecule has 1 fully saturated rings. The van der Waals surface area contributed by atoms with Crippen LogP contribution in [0.15, 0.2) is 29.8 Å². The van der Waals surface area contributed by atoms with E-state index in [0.29, 0.717) is 19.5 Å². The maximum atomic E-state index is 12.9. The van der Waals surface area contributed by atoms with Crippen LogP contribution in [0.5, 0.6) is 0 Å². The first kappa shape index (κ1) is 22.4. The van der Waals surface area contributed by atoms with E-state index in [-0.39, 0.29) is 23.1 Å². The SMILES string of the molecule is Cc1ncsc1-c1ccc(CNC(=O)[C@@H]2C[C@@H](C)CN2C(=O)C(N)C(C)(C)C)cc1. The van der Waals surface area contributed by atoms with Crippen LogP contribution in [0.2, 0.25) is 0 Å². The molecule has 2 amide bonds. The van der Waals surface area contributed by atoms with Crippen LogP contribution < -0.4 is 11.1 Å². The Balaban J connectivity index is 1.63. The molecule has 1 aliphatic heterocycles. The highest BCUT2D eigenvalue weighted by Crippen LogP contribution is 2.28. The fraction of sp³-hybridized carbons (Fsp3) is 0.522. The number of nitrogens with two attached hydrogens (primary N) is 1. The smallest absolute Gasteiger partial charge is 0.243 e. The number of likely N-dealkylation sites (tertiary alicyclic amines) is 1. The monoisotopic (exact) mass is 428 g/mol. The fourth-order valence-electron chi connectivity index (χ4n) is 3.75. The molecular weight excluding hydrogens is 396 g/mol. The summed E-state index contributed by atoms with van der Waals surface area (Å²) < 4.78 is 0. The molecule has 3 rings (SSSR count). The molecule has 0 spiro atoms. The molecule has 3 N–H and O–H groups in total. The summed E-state index contributed by atoms with van der Waals surface area (Å²) in [6.07, 6.45) is 0.665. The molecular formula is C23H32N4O2S. The molecule has 0 radical (unpaired) electrons. The van der Waals surface area contributed by atoms with Crippen molar-refractivity contribution in [1.82, 2.24) is 15.2 Å². The maximum Gasteiger partial charge on any atom is 0.243 e. The summed E-state index contributed by atoms with van der Waals surface area (Å²) >= 11 is 1.62. The highest BCUT2D eigenvalue weighted by atomic mass is 32.1. The van der Waals surface area contributed by atoms with E-state index in [1.165, 1.54) is 0 Å². The molecule has 1 aromatic carbocycles. The first-order chi connectivity index (χ1) is 14.1. The van der Waals surface area contributed by atoms with Gasteiger partial charge in [-0.05, 0) is 35.8 Å². The van der Waals surface area contributed by atoms with E-state index >= 15 is 0 Å². The Hall–Kier alpha value is -2.25. The zero-order valence-electron chi connectivity index (χ0n) is 18.4. The third-order valence-electron chi connectivity index (χ3n) is 5.72. The van der Waals surface area contributed by atoms with Crippen LogP contribution in [0.1, 0.15) is 45.4 Å². The zero-order chi connectivity index (χ0) is 22.1. The lowest BCUT2D eigenvalue weighted by Gasteiger charge is -2.32. The van der Waals surface area contributed by atoms with Crippen molar-refractivity contribution >= 4 is 23.2 Å². The number of thiazole rings is 1. The maximum absolute atomic E-state index is 12.9. The van der Waals surface area contributed by atoms with Crippen molar-refractivity contribution < 1.29 is 9.59 Å². The van der Waals surface area contributed by atoms with Crippen molar-refractivity contribution in [3.8, 4) is 10.4 Å². The molecule has 1 aromatic heterocycles.